The third-order valence-electron chi connectivity index (χ3n) is 6.54. The fourth-order valence-electron chi connectivity index (χ4n) is 4.92. The van der Waals surface area contributed by atoms with E-state index in [9.17, 15) is 18.0 Å². The summed E-state index contributed by atoms with van der Waals surface area (Å²) >= 11 is 0. The van der Waals surface area contributed by atoms with Gasteiger partial charge >= 0.3 is 6.18 Å². The highest BCUT2D eigenvalue weighted by Crippen LogP contribution is 2.35. The second-order valence-electron chi connectivity index (χ2n) is 8.72. The lowest BCUT2D eigenvalue weighted by molar-refractivity contribution is -0.137. The fraction of sp³-hybridized carbons (Fsp3) is 0.500. The van der Waals surface area contributed by atoms with Crippen molar-refractivity contribution in [2.75, 3.05) is 0 Å². The van der Waals surface area contributed by atoms with Crippen molar-refractivity contribution >= 4 is 5.91 Å². The van der Waals surface area contributed by atoms with Crippen molar-refractivity contribution in [2.24, 2.45) is 5.92 Å². The van der Waals surface area contributed by atoms with Crippen LogP contribution in [0.15, 0.2) is 36.4 Å². The van der Waals surface area contributed by atoms with E-state index < -0.39 is 11.7 Å². The molecule has 1 N–H and O–H groups in total. The highest BCUT2D eigenvalue weighted by Gasteiger charge is 2.31. The number of carbonyl (C=O) groups excluding carboxylic acids is 1. The summed E-state index contributed by atoms with van der Waals surface area (Å²) in [5.74, 6) is 0.413. The Morgan fingerprint density at radius 3 is 2.39 bits per heavy atom. The molecule has 2 aliphatic carbocycles. The number of hydrogen-bond acceptors (Lipinski definition) is 2. The van der Waals surface area contributed by atoms with Crippen molar-refractivity contribution in [3.05, 3.63) is 58.9 Å². The van der Waals surface area contributed by atoms with E-state index in [0.29, 0.717) is 5.69 Å². The van der Waals surface area contributed by atoms with Gasteiger partial charge < -0.3 is 5.32 Å². The molecule has 0 aliphatic heterocycles. The van der Waals surface area contributed by atoms with Gasteiger partial charge in [-0.15, -0.1) is 0 Å². The van der Waals surface area contributed by atoms with Crippen LogP contribution in [0.5, 0.6) is 0 Å². The standard InChI is InChI=1S/C24H28F3N3O/c1-15-22(16(2)30(29-15)21-12-9-19(10-13-21)24(25,26)27)18-8-11-20(14-18)28-23(31)17-6-4-3-5-7-17/h8-13,17-18,20H,3-7,14H2,1-2H3,(H,28,31). The number of benzene rings is 1. The Balaban J connectivity index is 1.47. The van der Waals surface area contributed by atoms with Crippen LogP contribution in [0, 0.1) is 19.8 Å². The highest BCUT2D eigenvalue weighted by atomic mass is 19.4. The summed E-state index contributed by atoms with van der Waals surface area (Å²) < 4.78 is 40.3. The molecular weight excluding hydrogens is 403 g/mol. The first-order chi connectivity index (χ1) is 14.7. The Morgan fingerprint density at radius 1 is 1.06 bits per heavy atom. The number of nitrogens with zero attached hydrogens (tertiary/aromatic N) is 2. The lowest BCUT2D eigenvalue weighted by Crippen LogP contribution is -2.38. The van der Waals surface area contributed by atoms with Crippen LogP contribution < -0.4 is 5.32 Å². The maximum atomic E-state index is 12.9. The van der Waals surface area contributed by atoms with Crippen LogP contribution in [0.25, 0.3) is 5.69 Å². The number of carbonyl (C=O) groups is 1. The molecule has 31 heavy (non-hydrogen) atoms. The van der Waals surface area contributed by atoms with Gasteiger partial charge in [-0.25, -0.2) is 4.68 Å². The summed E-state index contributed by atoms with van der Waals surface area (Å²) in [6.07, 6.45) is 6.01. The minimum Gasteiger partial charge on any atom is -0.350 e. The average molecular weight is 432 g/mol. The largest absolute Gasteiger partial charge is 0.416 e. The fourth-order valence-corrected chi connectivity index (χ4v) is 4.92. The summed E-state index contributed by atoms with van der Waals surface area (Å²) in [5.41, 5.74) is 2.76. The minimum atomic E-state index is -4.36. The SMILES string of the molecule is Cc1nn(-c2ccc(C(F)(F)F)cc2)c(C)c1C1C=CC(NC(=O)C2CCCCC2)C1. The van der Waals surface area contributed by atoms with E-state index in [4.69, 9.17) is 0 Å². The van der Waals surface area contributed by atoms with Gasteiger partial charge in [0.05, 0.1) is 16.9 Å². The smallest absolute Gasteiger partial charge is 0.350 e. The Hall–Kier alpha value is -2.57. The van der Waals surface area contributed by atoms with Crippen LogP contribution in [0.2, 0.25) is 0 Å². The van der Waals surface area contributed by atoms with Gasteiger partial charge in [0.15, 0.2) is 0 Å². The third-order valence-corrected chi connectivity index (χ3v) is 6.54. The molecule has 1 aromatic carbocycles. The highest BCUT2D eigenvalue weighted by molar-refractivity contribution is 5.79. The summed E-state index contributed by atoms with van der Waals surface area (Å²) in [6, 6.07) is 5.07. The number of halogens is 3. The van der Waals surface area contributed by atoms with E-state index in [-0.39, 0.29) is 23.8 Å². The number of amides is 1. The van der Waals surface area contributed by atoms with E-state index in [0.717, 1.165) is 61.2 Å². The molecule has 2 aliphatic rings. The van der Waals surface area contributed by atoms with E-state index in [2.05, 4.69) is 22.6 Å². The lowest BCUT2D eigenvalue weighted by Gasteiger charge is -2.23. The van der Waals surface area contributed by atoms with Gasteiger partial charge in [0.1, 0.15) is 0 Å². The number of rotatable bonds is 4. The topological polar surface area (TPSA) is 46.9 Å². The van der Waals surface area contributed by atoms with Crippen LogP contribution in [0.3, 0.4) is 0 Å². The lowest BCUT2D eigenvalue weighted by atomic mass is 9.88. The molecule has 1 aromatic heterocycles. The van der Waals surface area contributed by atoms with Crippen LogP contribution in [0.4, 0.5) is 13.2 Å². The van der Waals surface area contributed by atoms with E-state index in [1.807, 2.05) is 13.8 Å². The molecule has 2 unspecified atom stereocenters. The molecule has 1 amide bonds. The van der Waals surface area contributed by atoms with Crippen molar-refractivity contribution in [1.29, 1.82) is 0 Å². The zero-order valence-electron chi connectivity index (χ0n) is 17.9. The van der Waals surface area contributed by atoms with E-state index >= 15 is 0 Å². The molecule has 4 nitrogen and oxygen atoms in total. The zero-order valence-corrected chi connectivity index (χ0v) is 17.9. The molecule has 1 saturated carbocycles. The Labute approximate surface area is 180 Å². The van der Waals surface area contributed by atoms with Crippen molar-refractivity contribution < 1.29 is 18.0 Å². The number of aromatic nitrogens is 2. The zero-order chi connectivity index (χ0) is 22.2. The first kappa shape index (κ1) is 21.7. The molecule has 4 rings (SSSR count). The Kier molecular flexibility index (Phi) is 5.95. The van der Waals surface area contributed by atoms with Crippen LogP contribution in [-0.4, -0.2) is 21.7 Å². The van der Waals surface area contributed by atoms with Gasteiger partial charge in [0.2, 0.25) is 5.91 Å². The molecule has 166 valence electrons. The predicted octanol–water partition coefficient (Wildman–Crippen LogP) is 5.62. The first-order valence-electron chi connectivity index (χ1n) is 11.0. The number of allylic oxidation sites excluding steroid dienone is 1. The predicted molar refractivity (Wildman–Crippen MR) is 113 cm³/mol. The summed E-state index contributed by atoms with van der Waals surface area (Å²) in [7, 11) is 0. The molecule has 0 bridgehead atoms. The van der Waals surface area contributed by atoms with Crippen LogP contribution >= 0.6 is 0 Å². The summed E-state index contributed by atoms with van der Waals surface area (Å²) in [5, 5.41) is 7.78. The van der Waals surface area contributed by atoms with Crippen LogP contribution in [0.1, 0.15) is 67.0 Å². The summed E-state index contributed by atoms with van der Waals surface area (Å²) in [4.78, 5) is 12.6. The van der Waals surface area contributed by atoms with Gasteiger partial charge in [-0.3, -0.25) is 4.79 Å². The van der Waals surface area contributed by atoms with Gasteiger partial charge in [-0.05, 0) is 57.4 Å². The molecule has 0 spiro atoms. The second-order valence-corrected chi connectivity index (χ2v) is 8.72. The molecular formula is C24H28F3N3O. The number of alkyl halides is 3. The van der Waals surface area contributed by atoms with E-state index in [1.165, 1.54) is 18.6 Å². The molecule has 1 heterocycles. The molecule has 0 radical (unpaired) electrons. The number of hydrogen-bond donors (Lipinski definition) is 1. The minimum absolute atomic E-state index is 0.00708. The molecule has 2 atom stereocenters. The quantitative estimate of drug-likeness (QED) is 0.639. The average Bonchev–Trinajstić information content (AvgIpc) is 3.31. The van der Waals surface area contributed by atoms with Crippen LogP contribution in [-0.2, 0) is 11.0 Å². The van der Waals surface area contributed by atoms with Crippen molar-refractivity contribution in [1.82, 2.24) is 15.1 Å². The van der Waals surface area contributed by atoms with Crippen molar-refractivity contribution in [3.63, 3.8) is 0 Å². The molecule has 0 saturated heterocycles. The first-order valence-corrected chi connectivity index (χ1v) is 11.0. The van der Waals surface area contributed by atoms with Gasteiger partial charge in [0.25, 0.3) is 0 Å². The number of aryl methyl sites for hydroxylation is 1. The second kappa shape index (κ2) is 8.52. The van der Waals surface area contributed by atoms with E-state index in [1.54, 1.807) is 4.68 Å². The van der Waals surface area contributed by atoms with Gasteiger partial charge in [-0.1, -0.05) is 31.4 Å². The summed E-state index contributed by atoms with van der Waals surface area (Å²) in [6.45, 7) is 3.86. The maximum absolute atomic E-state index is 12.9. The molecule has 1 fully saturated rings. The Bertz CT molecular complexity index is 969. The normalized spacial score (nSPS) is 22.1. The van der Waals surface area contributed by atoms with Crippen molar-refractivity contribution in [2.45, 2.75) is 70.5 Å². The number of nitrogens with one attached hydrogen (secondary N) is 1. The third kappa shape index (κ3) is 4.55. The van der Waals surface area contributed by atoms with Gasteiger partial charge in [0, 0.05) is 29.1 Å². The maximum Gasteiger partial charge on any atom is 0.416 e. The monoisotopic (exact) mass is 431 g/mol. The molecule has 7 heteroatoms. The van der Waals surface area contributed by atoms with Crippen molar-refractivity contribution in [3.8, 4) is 5.69 Å². The molecule has 2 aromatic rings. The van der Waals surface area contributed by atoms with Gasteiger partial charge in [-0.2, -0.15) is 18.3 Å². The Morgan fingerprint density at radius 2 is 1.74 bits per heavy atom.